The van der Waals surface area contributed by atoms with Gasteiger partial charge in [0.15, 0.2) is 0 Å². The van der Waals surface area contributed by atoms with Crippen LogP contribution in [0.1, 0.15) is 24.5 Å². The van der Waals surface area contributed by atoms with E-state index in [4.69, 9.17) is 14.6 Å². The highest BCUT2D eigenvalue weighted by Gasteiger charge is 2.25. The van der Waals surface area contributed by atoms with Crippen LogP contribution in [0.25, 0.3) is 0 Å². The summed E-state index contributed by atoms with van der Waals surface area (Å²) in [5, 5.41) is 9.06. The molecule has 6 nitrogen and oxygen atoms in total. The van der Waals surface area contributed by atoms with Crippen molar-refractivity contribution in [1.82, 2.24) is 14.9 Å². The van der Waals surface area contributed by atoms with Crippen molar-refractivity contribution in [3.63, 3.8) is 0 Å². The molecule has 0 unspecified atom stereocenters. The van der Waals surface area contributed by atoms with Gasteiger partial charge in [0.25, 0.3) is 0 Å². The first-order valence-electron chi connectivity index (χ1n) is 8.26. The minimum Gasteiger partial charge on any atom is -0.497 e. The number of likely N-dealkylation sites (tertiary alicyclic amines) is 1. The molecule has 2 aromatic rings. The van der Waals surface area contributed by atoms with Gasteiger partial charge >= 0.3 is 0 Å². The van der Waals surface area contributed by atoms with E-state index in [0.717, 1.165) is 43.9 Å². The number of aliphatic hydroxyl groups is 1. The fraction of sp³-hybridized carbons (Fsp3) is 0.444. The molecule has 0 atom stereocenters. The molecule has 24 heavy (non-hydrogen) atoms. The Balaban J connectivity index is 1.73. The van der Waals surface area contributed by atoms with E-state index in [1.807, 2.05) is 24.3 Å². The summed E-state index contributed by atoms with van der Waals surface area (Å²) in [6, 6.07) is 7.48. The maximum absolute atomic E-state index is 9.06. The molecule has 1 saturated heterocycles. The van der Waals surface area contributed by atoms with Crippen molar-refractivity contribution in [3.8, 4) is 17.4 Å². The van der Waals surface area contributed by atoms with E-state index in [2.05, 4.69) is 14.9 Å². The second-order valence-corrected chi connectivity index (χ2v) is 5.87. The Kier molecular flexibility index (Phi) is 5.61. The van der Waals surface area contributed by atoms with Crippen LogP contribution in [0.4, 0.5) is 0 Å². The van der Waals surface area contributed by atoms with Crippen LogP contribution in [0.2, 0.25) is 0 Å². The van der Waals surface area contributed by atoms with Crippen molar-refractivity contribution in [2.24, 2.45) is 0 Å². The predicted octanol–water partition coefficient (Wildman–Crippen LogP) is 2.45. The van der Waals surface area contributed by atoms with Crippen molar-refractivity contribution < 1.29 is 14.6 Å². The van der Waals surface area contributed by atoms with Crippen molar-refractivity contribution in [2.75, 3.05) is 33.4 Å². The van der Waals surface area contributed by atoms with E-state index >= 15 is 0 Å². The van der Waals surface area contributed by atoms with E-state index in [1.54, 1.807) is 19.5 Å². The van der Waals surface area contributed by atoms with Gasteiger partial charge in [-0.05, 0) is 38.1 Å². The van der Waals surface area contributed by atoms with Gasteiger partial charge < -0.3 is 19.5 Å². The topological polar surface area (TPSA) is 67.7 Å². The number of rotatable bonds is 6. The molecule has 1 aliphatic heterocycles. The third-order valence-electron chi connectivity index (χ3n) is 4.34. The van der Waals surface area contributed by atoms with E-state index < -0.39 is 0 Å². The number of piperidine rings is 1. The number of β-amino-alcohol motifs (C(OH)–C–C–N with tert-alkyl or cyclic N) is 1. The quantitative estimate of drug-likeness (QED) is 0.878. The van der Waals surface area contributed by atoms with Crippen LogP contribution < -0.4 is 9.47 Å². The van der Waals surface area contributed by atoms with Gasteiger partial charge in [-0.1, -0.05) is 6.07 Å². The molecule has 0 radical (unpaired) electrons. The van der Waals surface area contributed by atoms with Gasteiger partial charge in [0, 0.05) is 30.9 Å². The van der Waals surface area contributed by atoms with Crippen LogP contribution in [0.5, 0.6) is 17.4 Å². The maximum atomic E-state index is 9.06. The van der Waals surface area contributed by atoms with Crippen molar-refractivity contribution in [3.05, 3.63) is 42.4 Å². The van der Waals surface area contributed by atoms with Crippen LogP contribution >= 0.6 is 0 Å². The van der Waals surface area contributed by atoms with Crippen LogP contribution in [-0.4, -0.2) is 53.3 Å². The molecule has 6 heteroatoms. The molecule has 1 fully saturated rings. The Morgan fingerprint density at radius 1 is 1.17 bits per heavy atom. The van der Waals surface area contributed by atoms with Crippen LogP contribution in [-0.2, 0) is 0 Å². The zero-order valence-corrected chi connectivity index (χ0v) is 13.9. The summed E-state index contributed by atoms with van der Waals surface area (Å²) in [4.78, 5) is 11.2. The van der Waals surface area contributed by atoms with Gasteiger partial charge in [0.05, 0.1) is 13.7 Å². The molecule has 2 heterocycles. The van der Waals surface area contributed by atoms with E-state index in [1.165, 1.54) is 0 Å². The molecular weight excluding hydrogens is 306 g/mol. The lowest BCUT2D eigenvalue weighted by Crippen LogP contribution is -2.35. The summed E-state index contributed by atoms with van der Waals surface area (Å²) in [6.45, 7) is 2.86. The Morgan fingerprint density at radius 2 is 1.92 bits per heavy atom. The number of benzene rings is 1. The summed E-state index contributed by atoms with van der Waals surface area (Å²) in [5.74, 6) is 2.32. The van der Waals surface area contributed by atoms with Crippen LogP contribution in [0, 0.1) is 0 Å². The first-order chi connectivity index (χ1) is 11.8. The number of hydrogen-bond donors (Lipinski definition) is 1. The highest BCUT2D eigenvalue weighted by molar-refractivity contribution is 5.36. The third kappa shape index (κ3) is 4.01. The first kappa shape index (κ1) is 16.7. The fourth-order valence-corrected chi connectivity index (χ4v) is 3.04. The van der Waals surface area contributed by atoms with Gasteiger partial charge in [-0.25, -0.2) is 4.98 Å². The molecule has 0 spiro atoms. The lowest BCUT2D eigenvalue weighted by Gasteiger charge is -2.31. The summed E-state index contributed by atoms with van der Waals surface area (Å²) in [5.41, 5.74) is 0.906. The van der Waals surface area contributed by atoms with Crippen LogP contribution in [0.15, 0.2) is 36.7 Å². The monoisotopic (exact) mass is 329 g/mol. The largest absolute Gasteiger partial charge is 0.497 e. The SMILES string of the molecule is COc1cccc(Oc2nccnc2C2CCN(CCO)CC2)c1. The zero-order valence-electron chi connectivity index (χ0n) is 13.9. The zero-order chi connectivity index (χ0) is 16.8. The molecule has 3 rings (SSSR count). The van der Waals surface area contributed by atoms with Crippen LogP contribution in [0.3, 0.4) is 0 Å². The van der Waals surface area contributed by atoms with Gasteiger partial charge in [0.1, 0.15) is 17.2 Å². The standard InChI is InChI=1S/C18H23N3O3/c1-23-15-3-2-4-16(13-15)24-18-17(19-7-8-20-18)14-5-9-21(10-6-14)11-12-22/h2-4,7-8,13-14,22H,5-6,9-12H2,1H3. The summed E-state index contributed by atoms with van der Waals surface area (Å²) in [7, 11) is 1.63. The molecule has 1 aliphatic rings. The van der Waals surface area contributed by atoms with Crippen molar-refractivity contribution in [2.45, 2.75) is 18.8 Å². The smallest absolute Gasteiger partial charge is 0.241 e. The lowest BCUT2D eigenvalue weighted by atomic mass is 9.93. The Bertz CT molecular complexity index is 657. The number of aromatic nitrogens is 2. The molecule has 1 aromatic heterocycles. The molecule has 0 aliphatic carbocycles. The van der Waals surface area contributed by atoms with Gasteiger partial charge in [-0.3, -0.25) is 4.98 Å². The number of hydrogen-bond acceptors (Lipinski definition) is 6. The third-order valence-corrected chi connectivity index (χ3v) is 4.34. The average molecular weight is 329 g/mol. The predicted molar refractivity (Wildman–Crippen MR) is 90.6 cm³/mol. The van der Waals surface area contributed by atoms with Crippen molar-refractivity contribution >= 4 is 0 Å². The normalized spacial score (nSPS) is 16.1. The minimum absolute atomic E-state index is 0.208. The average Bonchev–Trinajstić information content (AvgIpc) is 2.63. The molecule has 128 valence electrons. The molecule has 0 saturated carbocycles. The second kappa shape index (κ2) is 8.08. The molecule has 0 bridgehead atoms. The number of nitrogens with zero attached hydrogens (tertiary/aromatic N) is 3. The van der Waals surface area contributed by atoms with Crippen molar-refractivity contribution in [1.29, 1.82) is 0 Å². The highest BCUT2D eigenvalue weighted by atomic mass is 16.5. The van der Waals surface area contributed by atoms with E-state index in [0.29, 0.717) is 17.5 Å². The molecular formula is C18H23N3O3. The maximum Gasteiger partial charge on any atom is 0.241 e. The Labute approximate surface area is 142 Å². The lowest BCUT2D eigenvalue weighted by molar-refractivity contribution is 0.163. The van der Waals surface area contributed by atoms with E-state index in [-0.39, 0.29) is 6.61 Å². The first-order valence-corrected chi connectivity index (χ1v) is 8.26. The summed E-state index contributed by atoms with van der Waals surface area (Å²) >= 11 is 0. The number of methoxy groups -OCH3 is 1. The number of aliphatic hydroxyl groups excluding tert-OH is 1. The molecule has 0 amide bonds. The Hall–Kier alpha value is -2.18. The summed E-state index contributed by atoms with van der Waals surface area (Å²) in [6.07, 6.45) is 5.36. The number of ether oxygens (including phenoxy) is 2. The van der Waals surface area contributed by atoms with Gasteiger partial charge in [-0.15, -0.1) is 0 Å². The second-order valence-electron chi connectivity index (χ2n) is 5.87. The van der Waals surface area contributed by atoms with E-state index in [9.17, 15) is 0 Å². The minimum atomic E-state index is 0.208. The molecule has 1 aromatic carbocycles. The summed E-state index contributed by atoms with van der Waals surface area (Å²) < 4.78 is 11.2. The molecule has 1 N–H and O–H groups in total. The van der Waals surface area contributed by atoms with Gasteiger partial charge in [-0.2, -0.15) is 0 Å². The van der Waals surface area contributed by atoms with Gasteiger partial charge in [0.2, 0.25) is 5.88 Å². The Morgan fingerprint density at radius 3 is 2.67 bits per heavy atom. The highest BCUT2D eigenvalue weighted by Crippen LogP contribution is 2.34. The fourth-order valence-electron chi connectivity index (χ4n) is 3.04.